The van der Waals surface area contributed by atoms with Crippen molar-refractivity contribution >= 4 is 21.7 Å². The molecule has 0 saturated carbocycles. The van der Waals surface area contributed by atoms with Gasteiger partial charge >= 0.3 is 0 Å². The van der Waals surface area contributed by atoms with E-state index >= 15 is 0 Å². The van der Waals surface area contributed by atoms with E-state index in [0.29, 0.717) is 5.56 Å². The second-order valence-electron chi connectivity index (χ2n) is 7.65. The van der Waals surface area contributed by atoms with Crippen molar-refractivity contribution in [3.63, 3.8) is 0 Å². The number of hydrogen-bond donors (Lipinski definition) is 2. The molecule has 2 aromatic carbocycles. The van der Waals surface area contributed by atoms with Gasteiger partial charge in [-0.05, 0) is 35.4 Å². The molecule has 2 amide bonds. The minimum absolute atomic E-state index is 0.0806. The van der Waals surface area contributed by atoms with Crippen LogP contribution in [0.2, 0.25) is 0 Å². The van der Waals surface area contributed by atoms with Gasteiger partial charge in [-0.15, -0.1) is 0 Å². The van der Waals surface area contributed by atoms with Gasteiger partial charge in [0.15, 0.2) is 9.84 Å². The molecule has 0 radical (unpaired) electrons. The topological polar surface area (TPSA) is 130 Å². The Kier molecular flexibility index (Phi) is 7.13. The molecule has 0 spiro atoms. The third-order valence-electron chi connectivity index (χ3n) is 4.44. The van der Waals surface area contributed by atoms with Crippen LogP contribution in [0.15, 0.2) is 47.4 Å². The van der Waals surface area contributed by atoms with Crippen LogP contribution in [0.1, 0.15) is 20.3 Å². The fourth-order valence-electron chi connectivity index (χ4n) is 2.88. The number of benzene rings is 2. The summed E-state index contributed by atoms with van der Waals surface area (Å²) < 4.78 is 52.4. The lowest BCUT2D eigenvalue weighted by molar-refractivity contribution is -0.129. The maximum Gasteiger partial charge on any atom is 0.227 e. The number of primary amides is 1. The summed E-state index contributed by atoms with van der Waals surface area (Å²) in [6.07, 6.45) is -0.396. The Bertz CT molecular complexity index is 1120. The van der Waals surface area contributed by atoms with Crippen LogP contribution in [0.4, 0.5) is 8.78 Å². The van der Waals surface area contributed by atoms with Gasteiger partial charge in [0, 0.05) is 6.07 Å². The van der Waals surface area contributed by atoms with Crippen molar-refractivity contribution in [2.24, 2.45) is 11.1 Å². The molecule has 0 aliphatic heterocycles. The predicted molar refractivity (Wildman–Crippen MR) is 109 cm³/mol. The number of nitriles is 1. The molecule has 0 saturated heterocycles. The standard InChI is InChI=1S/C21H21F2N3O4S/c1-21(2,20(28)26-17(11-24)10-19(25)27)12-31(29,30)18-5-3-13(4-6-18)14-7-15(22)9-16(23)8-14/h3-9,17H,10,12H2,1-2H3,(H2,25,27)(H,26,28)/t17-/m0/s1. The van der Waals surface area contributed by atoms with Crippen LogP contribution in [-0.2, 0) is 19.4 Å². The number of carbonyl (C=O) groups is 2. The number of hydrogen-bond acceptors (Lipinski definition) is 5. The predicted octanol–water partition coefficient (Wildman–Crippen LogP) is 2.32. The average molecular weight is 449 g/mol. The molecule has 7 nitrogen and oxygen atoms in total. The summed E-state index contributed by atoms with van der Waals surface area (Å²) in [5.41, 5.74) is 4.27. The van der Waals surface area contributed by atoms with Crippen LogP contribution in [-0.4, -0.2) is 32.0 Å². The number of nitrogens with one attached hydrogen (secondary N) is 1. The summed E-state index contributed by atoms with van der Waals surface area (Å²) >= 11 is 0. The van der Waals surface area contributed by atoms with Crippen LogP contribution in [0.3, 0.4) is 0 Å². The van der Waals surface area contributed by atoms with E-state index < -0.39 is 56.9 Å². The third kappa shape index (κ3) is 6.33. The lowest BCUT2D eigenvalue weighted by Crippen LogP contribution is -2.46. The van der Waals surface area contributed by atoms with Crippen molar-refractivity contribution < 1.29 is 26.8 Å². The second-order valence-corrected chi connectivity index (χ2v) is 9.64. The molecule has 0 heterocycles. The SMILES string of the molecule is CC(C)(CS(=O)(=O)c1ccc(-c2cc(F)cc(F)c2)cc1)C(=O)N[C@H](C#N)CC(N)=O. The number of nitrogens with zero attached hydrogens (tertiary/aromatic N) is 1. The van der Waals surface area contributed by atoms with Gasteiger partial charge in [-0.25, -0.2) is 17.2 Å². The van der Waals surface area contributed by atoms with Gasteiger partial charge in [-0.3, -0.25) is 9.59 Å². The van der Waals surface area contributed by atoms with Crippen LogP contribution < -0.4 is 11.1 Å². The quantitative estimate of drug-likeness (QED) is 0.639. The zero-order valence-corrected chi connectivity index (χ0v) is 17.7. The number of amides is 2. The zero-order chi connectivity index (χ0) is 23.4. The first-order valence-corrected chi connectivity index (χ1v) is 10.8. The Morgan fingerprint density at radius 3 is 2.13 bits per heavy atom. The molecule has 1 atom stereocenters. The average Bonchev–Trinajstić information content (AvgIpc) is 2.65. The van der Waals surface area contributed by atoms with Gasteiger partial charge < -0.3 is 11.1 Å². The van der Waals surface area contributed by atoms with E-state index in [1.165, 1.54) is 38.1 Å². The highest BCUT2D eigenvalue weighted by Crippen LogP contribution is 2.27. The third-order valence-corrected chi connectivity index (χ3v) is 6.53. The summed E-state index contributed by atoms with van der Waals surface area (Å²) in [6, 6.07) is 8.92. The fraction of sp³-hybridized carbons (Fsp3) is 0.286. The largest absolute Gasteiger partial charge is 0.370 e. The monoisotopic (exact) mass is 449 g/mol. The van der Waals surface area contributed by atoms with E-state index in [2.05, 4.69) is 5.32 Å². The van der Waals surface area contributed by atoms with Crippen molar-refractivity contribution in [2.45, 2.75) is 31.2 Å². The van der Waals surface area contributed by atoms with Crippen LogP contribution >= 0.6 is 0 Å². The highest BCUT2D eigenvalue weighted by molar-refractivity contribution is 7.91. The molecule has 0 aromatic heterocycles. The molecule has 2 rings (SSSR count). The minimum atomic E-state index is -3.93. The van der Waals surface area contributed by atoms with Gasteiger partial charge in [0.2, 0.25) is 11.8 Å². The molecule has 0 aliphatic rings. The van der Waals surface area contributed by atoms with Crippen LogP contribution in [0.25, 0.3) is 11.1 Å². The first-order chi connectivity index (χ1) is 14.3. The normalized spacial score (nSPS) is 12.6. The van der Waals surface area contributed by atoms with Crippen molar-refractivity contribution in [1.29, 1.82) is 5.26 Å². The molecule has 0 bridgehead atoms. The van der Waals surface area contributed by atoms with E-state index in [-0.39, 0.29) is 10.5 Å². The molecular weight excluding hydrogens is 428 g/mol. The van der Waals surface area contributed by atoms with Gasteiger partial charge in [0.05, 0.1) is 28.6 Å². The highest BCUT2D eigenvalue weighted by Gasteiger charge is 2.35. The molecule has 164 valence electrons. The van der Waals surface area contributed by atoms with Crippen molar-refractivity contribution in [3.8, 4) is 17.2 Å². The highest BCUT2D eigenvalue weighted by atomic mass is 32.2. The summed E-state index contributed by atoms with van der Waals surface area (Å²) in [6.45, 7) is 2.78. The van der Waals surface area contributed by atoms with Crippen molar-refractivity contribution in [3.05, 3.63) is 54.1 Å². The maximum absolute atomic E-state index is 13.4. The van der Waals surface area contributed by atoms with E-state index in [0.717, 1.165) is 18.2 Å². The second kappa shape index (κ2) is 9.22. The number of rotatable bonds is 8. The summed E-state index contributed by atoms with van der Waals surface area (Å²) in [5.74, 6) is -3.60. The van der Waals surface area contributed by atoms with E-state index in [9.17, 15) is 26.8 Å². The molecule has 0 unspecified atom stereocenters. The molecule has 2 aromatic rings. The zero-order valence-electron chi connectivity index (χ0n) is 16.9. The molecule has 0 fully saturated rings. The van der Waals surface area contributed by atoms with Gasteiger partial charge in [-0.2, -0.15) is 5.26 Å². The maximum atomic E-state index is 13.4. The number of sulfone groups is 1. The molecule has 10 heteroatoms. The van der Waals surface area contributed by atoms with E-state index in [1.54, 1.807) is 6.07 Å². The number of nitrogens with two attached hydrogens (primary N) is 1. The fourth-order valence-corrected chi connectivity index (χ4v) is 4.68. The van der Waals surface area contributed by atoms with E-state index in [4.69, 9.17) is 11.0 Å². The van der Waals surface area contributed by atoms with Crippen LogP contribution in [0.5, 0.6) is 0 Å². The first kappa shape index (κ1) is 24.0. The summed E-state index contributed by atoms with van der Waals surface area (Å²) in [5, 5.41) is 11.3. The molecule has 3 N–H and O–H groups in total. The lowest BCUT2D eigenvalue weighted by atomic mass is 9.94. The number of carbonyl (C=O) groups excluding carboxylic acids is 2. The Balaban J connectivity index is 2.20. The Labute approximate surface area is 178 Å². The molecule has 0 aliphatic carbocycles. The van der Waals surface area contributed by atoms with Gasteiger partial charge in [0.1, 0.15) is 17.7 Å². The van der Waals surface area contributed by atoms with Crippen molar-refractivity contribution in [1.82, 2.24) is 5.32 Å². The molecule has 31 heavy (non-hydrogen) atoms. The lowest BCUT2D eigenvalue weighted by Gasteiger charge is -2.24. The van der Waals surface area contributed by atoms with Gasteiger partial charge in [-0.1, -0.05) is 26.0 Å². The summed E-state index contributed by atoms with van der Waals surface area (Å²) in [7, 11) is -3.93. The van der Waals surface area contributed by atoms with Crippen molar-refractivity contribution in [2.75, 3.05) is 5.75 Å². The number of halogens is 2. The molecular formula is C21H21F2N3O4S. The Morgan fingerprint density at radius 1 is 1.10 bits per heavy atom. The first-order valence-electron chi connectivity index (χ1n) is 9.12. The van der Waals surface area contributed by atoms with Crippen LogP contribution in [0, 0.1) is 28.4 Å². The summed E-state index contributed by atoms with van der Waals surface area (Å²) in [4.78, 5) is 23.4. The minimum Gasteiger partial charge on any atom is -0.370 e. The smallest absolute Gasteiger partial charge is 0.227 e. The Morgan fingerprint density at radius 2 is 1.65 bits per heavy atom. The van der Waals surface area contributed by atoms with Gasteiger partial charge in [0.25, 0.3) is 0 Å². The Hall–Kier alpha value is -3.32. The van der Waals surface area contributed by atoms with E-state index in [1.807, 2.05) is 0 Å².